The van der Waals surface area contributed by atoms with E-state index in [1.807, 2.05) is 0 Å². The van der Waals surface area contributed by atoms with E-state index in [2.05, 4.69) is 0 Å². The molecule has 0 radical (unpaired) electrons. The average Bonchev–Trinajstić information content (AvgIpc) is 2.12. The van der Waals surface area contributed by atoms with E-state index >= 15 is 0 Å². The lowest BCUT2D eigenvalue weighted by Gasteiger charge is -2.14. The van der Waals surface area contributed by atoms with Gasteiger partial charge in [0.1, 0.15) is 6.10 Å². The number of aliphatic hydroxyl groups is 1. The molecular formula is C7H12O5. The van der Waals surface area contributed by atoms with Crippen LogP contribution in [0.5, 0.6) is 0 Å². The number of hydrogen-bond acceptors (Lipinski definition) is 5. The van der Waals surface area contributed by atoms with Crippen LogP contribution in [0.4, 0.5) is 0 Å². The van der Waals surface area contributed by atoms with Crippen LogP contribution < -0.4 is 0 Å². The molecule has 2 atom stereocenters. The van der Waals surface area contributed by atoms with Crippen molar-refractivity contribution in [3.05, 3.63) is 0 Å². The maximum atomic E-state index is 10.2. The zero-order chi connectivity index (χ0) is 9.40. The van der Waals surface area contributed by atoms with Crippen molar-refractivity contribution in [3.63, 3.8) is 0 Å². The minimum atomic E-state index is -1.07. The van der Waals surface area contributed by atoms with E-state index in [1.165, 1.54) is 0 Å². The van der Waals surface area contributed by atoms with E-state index in [-0.39, 0.29) is 0 Å². The van der Waals surface area contributed by atoms with Crippen molar-refractivity contribution in [1.82, 2.24) is 0 Å². The van der Waals surface area contributed by atoms with E-state index in [1.54, 1.807) is 6.92 Å². The van der Waals surface area contributed by atoms with Gasteiger partial charge in [0.25, 0.3) is 0 Å². The predicted molar refractivity (Wildman–Crippen MR) is 39.5 cm³/mol. The Morgan fingerprint density at radius 2 is 2.08 bits per heavy atom. The van der Waals surface area contributed by atoms with Crippen molar-refractivity contribution < 1.29 is 24.2 Å². The van der Waals surface area contributed by atoms with Gasteiger partial charge in [-0.3, -0.25) is 4.79 Å². The molecular weight excluding hydrogens is 164 g/mol. The fourth-order valence-corrected chi connectivity index (χ4v) is 0.565. The first-order valence-electron chi connectivity index (χ1n) is 3.57. The Kier molecular flexibility index (Phi) is 6.45. The predicted octanol–water partition coefficient (Wildman–Crippen LogP) is -0.876. The lowest BCUT2D eigenvalue weighted by Crippen LogP contribution is -2.29. The van der Waals surface area contributed by atoms with Gasteiger partial charge in [0, 0.05) is 6.61 Å². The third-order valence-corrected chi connectivity index (χ3v) is 1.08. The Hall–Kier alpha value is -0.780. The summed E-state index contributed by atoms with van der Waals surface area (Å²) in [5, 5.41) is 8.51. The van der Waals surface area contributed by atoms with Gasteiger partial charge in [-0.2, -0.15) is 0 Å². The molecule has 0 aliphatic carbocycles. The van der Waals surface area contributed by atoms with Crippen LogP contribution in [0, 0.1) is 0 Å². The van der Waals surface area contributed by atoms with E-state index in [0.29, 0.717) is 19.2 Å². The largest absolute Gasteiger partial charge is 0.393 e. The molecule has 1 N–H and O–H groups in total. The highest BCUT2D eigenvalue weighted by molar-refractivity contribution is 5.58. The molecule has 12 heavy (non-hydrogen) atoms. The number of carbonyl (C=O) groups is 2. The molecule has 5 nitrogen and oxygen atoms in total. The highest BCUT2D eigenvalue weighted by Crippen LogP contribution is 1.95. The molecule has 0 amide bonds. The lowest BCUT2D eigenvalue weighted by molar-refractivity contribution is -0.176. The summed E-state index contributed by atoms with van der Waals surface area (Å²) in [6.45, 7) is 1.54. The average molecular weight is 176 g/mol. The smallest absolute Gasteiger partial charge is 0.215 e. The summed E-state index contributed by atoms with van der Waals surface area (Å²) in [7, 11) is 0. The van der Waals surface area contributed by atoms with Crippen LogP contribution in [0.25, 0.3) is 0 Å². The van der Waals surface area contributed by atoms with Crippen LogP contribution in [-0.4, -0.2) is 43.3 Å². The second-order valence-corrected chi connectivity index (χ2v) is 1.95. The molecule has 0 aliphatic rings. The second kappa shape index (κ2) is 6.90. The molecule has 0 spiro atoms. The van der Waals surface area contributed by atoms with Crippen molar-refractivity contribution in [2.24, 2.45) is 0 Å². The van der Waals surface area contributed by atoms with Gasteiger partial charge < -0.3 is 19.4 Å². The SMILES string of the molecule is CCOC(C=O)OC(C=O)CO. The van der Waals surface area contributed by atoms with Gasteiger partial charge in [-0.15, -0.1) is 0 Å². The number of carbonyl (C=O) groups excluding carboxylic acids is 2. The zero-order valence-electron chi connectivity index (χ0n) is 6.80. The Labute approximate surface area is 70.3 Å². The molecule has 0 aromatic carbocycles. The zero-order valence-corrected chi connectivity index (χ0v) is 6.80. The number of rotatable bonds is 7. The number of hydrogen-bond donors (Lipinski definition) is 1. The van der Waals surface area contributed by atoms with Gasteiger partial charge >= 0.3 is 0 Å². The van der Waals surface area contributed by atoms with E-state index in [0.717, 1.165) is 0 Å². The molecule has 5 heteroatoms. The maximum absolute atomic E-state index is 10.2. The monoisotopic (exact) mass is 176 g/mol. The van der Waals surface area contributed by atoms with Gasteiger partial charge in [-0.25, -0.2) is 0 Å². The first kappa shape index (κ1) is 11.2. The second-order valence-electron chi connectivity index (χ2n) is 1.95. The van der Waals surface area contributed by atoms with Gasteiger partial charge in [-0.05, 0) is 6.92 Å². The molecule has 0 aromatic rings. The molecule has 0 heterocycles. The third kappa shape index (κ3) is 4.17. The first-order valence-corrected chi connectivity index (χ1v) is 3.57. The Balaban J connectivity index is 3.81. The summed E-state index contributed by atoms with van der Waals surface area (Å²) in [5.41, 5.74) is 0. The van der Waals surface area contributed by atoms with Crippen LogP contribution in [0.15, 0.2) is 0 Å². The Morgan fingerprint density at radius 3 is 2.42 bits per heavy atom. The molecule has 0 fully saturated rings. The number of aliphatic hydroxyl groups excluding tert-OH is 1. The Bertz CT molecular complexity index is 136. The van der Waals surface area contributed by atoms with Crippen LogP contribution >= 0.6 is 0 Å². The van der Waals surface area contributed by atoms with Crippen molar-refractivity contribution in [3.8, 4) is 0 Å². The van der Waals surface area contributed by atoms with Crippen LogP contribution in [0.3, 0.4) is 0 Å². The van der Waals surface area contributed by atoms with Gasteiger partial charge in [-0.1, -0.05) is 0 Å². The van der Waals surface area contributed by atoms with Gasteiger partial charge in [0.05, 0.1) is 6.61 Å². The van der Waals surface area contributed by atoms with Crippen molar-refractivity contribution in [2.45, 2.75) is 19.3 Å². The summed E-state index contributed by atoms with van der Waals surface area (Å²) in [4.78, 5) is 20.4. The van der Waals surface area contributed by atoms with Crippen LogP contribution in [0.2, 0.25) is 0 Å². The minimum absolute atomic E-state index is 0.306. The van der Waals surface area contributed by atoms with Crippen molar-refractivity contribution in [1.29, 1.82) is 0 Å². The molecule has 0 aliphatic heterocycles. The van der Waals surface area contributed by atoms with E-state index in [9.17, 15) is 9.59 Å². The van der Waals surface area contributed by atoms with E-state index in [4.69, 9.17) is 14.6 Å². The third-order valence-electron chi connectivity index (χ3n) is 1.08. The fourth-order valence-electron chi connectivity index (χ4n) is 0.565. The minimum Gasteiger partial charge on any atom is -0.393 e. The van der Waals surface area contributed by atoms with Gasteiger partial charge in [0.15, 0.2) is 12.6 Å². The molecule has 2 unspecified atom stereocenters. The topological polar surface area (TPSA) is 72.8 Å². The number of aldehydes is 2. The molecule has 0 saturated heterocycles. The fraction of sp³-hybridized carbons (Fsp3) is 0.714. The molecule has 0 aromatic heterocycles. The summed E-state index contributed by atoms with van der Waals surface area (Å²) >= 11 is 0. The van der Waals surface area contributed by atoms with Gasteiger partial charge in [0.2, 0.25) is 6.29 Å². The normalized spacial score (nSPS) is 15.2. The number of ether oxygens (including phenoxy) is 2. The van der Waals surface area contributed by atoms with E-state index < -0.39 is 19.0 Å². The van der Waals surface area contributed by atoms with Crippen LogP contribution in [0.1, 0.15) is 6.92 Å². The molecule has 0 rings (SSSR count). The van der Waals surface area contributed by atoms with Crippen molar-refractivity contribution in [2.75, 3.05) is 13.2 Å². The summed E-state index contributed by atoms with van der Waals surface area (Å²) in [6.07, 6.45) is -1.23. The first-order chi connectivity index (χ1) is 5.78. The summed E-state index contributed by atoms with van der Waals surface area (Å²) in [6, 6.07) is 0. The highest BCUT2D eigenvalue weighted by atomic mass is 16.7. The lowest BCUT2D eigenvalue weighted by atomic mass is 10.4. The quantitative estimate of drug-likeness (QED) is 0.403. The molecule has 0 saturated carbocycles. The summed E-state index contributed by atoms with van der Waals surface area (Å²) in [5.74, 6) is 0. The maximum Gasteiger partial charge on any atom is 0.215 e. The summed E-state index contributed by atoms with van der Waals surface area (Å²) < 4.78 is 9.50. The van der Waals surface area contributed by atoms with Crippen LogP contribution in [-0.2, 0) is 19.1 Å². The standard InChI is InChI=1S/C7H12O5/c1-2-11-7(5-10)12-6(3-8)4-9/h3,5-7,9H,2,4H2,1H3. The highest BCUT2D eigenvalue weighted by Gasteiger charge is 2.13. The molecule has 0 bridgehead atoms. The van der Waals surface area contributed by atoms with Crippen molar-refractivity contribution >= 4 is 12.6 Å². The Morgan fingerprint density at radius 1 is 1.42 bits per heavy atom. The molecule has 70 valence electrons.